The highest BCUT2D eigenvalue weighted by molar-refractivity contribution is 9.10. The molecule has 0 aromatic heterocycles. The topological polar surface area (TPSA) is 57.5 Å². The van der Waals surface area contributed by atoms with Crippen molar-refractivity contribution in [3.05, 3.63) is 34.1 Å². The quantitative estimate of drug-likeness (QED) is 0.891. The van der Waals surface area contributed by atoms with E-state index in [4.69, 9.17) is 5.11 Å². The summed E-state index contributed by atoms with van der Waals surface area (Å²) in [6, 6.07) is 4.20. The molecule has 0 spiro atoms. The lowest BCUT2D eigenvalue weighted by molar-refractivity contribution is -0.142. The van der Waals surface area contributed by atoms with Crippen molar-refractivity contribution in [1.82, 2.24) is 0 Å². The van der Waals surface area contributed by atoms with E-state index in [1.165, 1.54) is 19.1 Å². The molecule has 1 aromatic carbocycles. The number of halogens is 2. The molecule has 0 saturated carbocycles. The first-order valence-corrected chi connectivity index (χ1v) is 5.02. The van der Waals surface area contributed by atoms with E-state index in [0.29, 0.717) is 4.47 Å². The minimum Gasteiger partial charge on any atom is -0.481 e. The van der Waals surface area contributed by atoms with Crippen LogP contribution in [0, 0.1) is 5.82 Å². The van der Waals surface area contributed by atoms with Crippen LogP contribution in [-0.2, 0) is 10.4 Å². The van der Waals surface area contributed by atoms with Gasteiger partial charge in [-0.05, 0) is 19.1 Å². The molecular formula is C10H10BrFO3. The van der Waals surface area contributed by atoms with E-state index in [2.05, 4.69) is 15.9 Å². The number of hydrogen-bond acceptors (Lipinski definition) is 2. The molecule has 0 fully saturated rings. The van der Waals surface area contributed by atoms with E-state index in [1.54, 1.807) is 6.07 Å². The number of aliphatic carboxylic acids is 1. The van der Waals surface area contributed by atoms with Crippen molar-refractivity contribution >= 4 is 21.9 Å². The number of benzene rings is 1. The van der Waals surface area contributed by atoms with E-state index in [9.17, 15) is 14.3 Å². The molecule has 3 nitrogen and oxygen atoms in total. The lowest BCUT2D eigenvalue weighted by Crippen LogP contribution is -2.26. The van der Waals surface area contributed by atoms with Gasteiger partial charge in [-0.3, -0.25) is 4.79 Å². The molecule has 0 aliphatic carbocycles. The Kier molecular flexibility index (Phi) is 3.46. The number of carboxylic acids is 1. The number of carboxylic acid groups (broad SMARTS) is 1. The zero-order valence-corrected chi connectivity index (χ0v) is 9.58. The minimum absolute atomic E-state index is 0.0348. The molecule has 0 aliphatic rings. The first-order chi connectivity index (χ1) is 6.84. The molecule has 0 amide bonds. The molecule has 2 N–H and O–H groups in total. The third-order valence-corrected chi connectivity index (χ3v) is 2.66. The summed E-state index contributed by atoms with van der Waals surface area (Å²) in [7, 11) is 0. The summed E-state index contributed by atoms with van der Waals surface area (Å²) in [5, 5.41) is 18.5. The molecule has 0 aliphatic heterocycles. The van der Waals surface area contributed by atoms with Crippen molar-refractivity contribution in [3.8, 4) is 0 Å². The largest absolute Gasteiger partial charge is 0.481 e. The SMILES string of the molecule is CC(O)(CC(=O)O)c1c(F)cccc1Br. The van der Waals surface area contributed by atoms with E-state index >= 15 is 0 Å². The first kappa shape index (κ1) is 12.1. The van der Waals surface area contributed by atoms with Gasteiger partial charge in [0, 0.05) is 10.0 Å². The summed E-state index contributed by atoms with van der Waals surface area (Å²) in [5.74, 6) is -1.81. The molecule has 1 unspecified atom stereocenters. The van der Waals surface area contributed by atoms with Crippen LogP contribution in [0.15, 0.2) is 22.7 Å². The van der Waals surface area contributed by atoms with Gasteiger partial charge in [0.2, 0.25) is 0 Å². The van der Waals surface area contributed by atoms with E-state index in [-0.39, 0.29) is 5.56 Å². The summed E-state index contributed by atoms with van der Waals surface area (Å²) in [6.45, 7) is 1.27. The van der Waals surface area contributed by atoms with Crippen molar-refractivity contribution in [2.45, 2.75) is 18.9 Å². The first-order valence-electron chi connectivity index (χ1n) is 4.23. The minimum atomic E-state index is -1.73. The Hall–Kier alpha value is -0.940. The van der Waals surface area contributed by atoms with Crippen LogP contribution >= 0.6 is 15.9 Å². The molecule has 0 saturated heterocycles. The molecule has 0 radical (unpaired) electrons. The zero-order chi connectivity index (χ0) is 11.6. The number of aliphatic hydroxyl groups is 1. The normalized spacial score (nSPS) is 14.7. The van der Waals surface area contributed by atoms with Gasteiger partial charge in [0.25, 0.3) is 0 Å². The monoisotopic (exact) mass is 276 g/mol. The van der Waals surface area contributed by atoms with Crippen molar-refractivity contribution < 1.29 is 19.4 Å². The lowest BCUT2D eigenvalue weighted by Gasteiger charge is -2.23. The van der Waals surface area contributed by atoms with Crippen molar-refractivity contribution in [2.75, 3.05) is 0 Å². The smallest absolute Gasteiger partial charge is 0.306 e. The van der Waals surface area contributed by atoms with Gasteiger partial charge in [-0.1, -0.05) is 22.0 Å². The lowest BCUT2D eigenvalue weighted by atomic mass is 9.92. The Morgan fingerprint density at radius 1 is 1.60 bits per heavy atom. The summed E-state index contributed by atoms with van der Waals surface area (Å²) in [6.07, 6.45) is -0.549. The third kappa shape index (κ3) is 2.76. The second-order valence-corrected chi connectivity index (χ2v) is 4.30. The van der Waals surface area contributed by atoms with Gasteiger partial charge in [0.15, 0.2) is 0 Å². The van der Waals surface area contributed by atoms with Crippen LogP contribution in [0.2, 0.25) is 0 Å². The van der Waals surface area contributed by atoms with Gasteiger partial charge >= 0.3 is 5.97 Å². The van der Waals surface area contributed by atoms with Crippen molar-refractivity contribution in [1.29, 1.82) is 0 Å². The fourth-order valence-corrected chi connectivity index (χ4v) is 2.16. The zero-order valence-electron chi connectivity index (χ0n) is 8.00. The highest BCUT2D eigenvalue weighted by atomic mass is 79.9. The van der Waals surface area contributed by atoms with Crippen LogP contribution in [0.3, 0.4) is 0 Å². The van der Waals surface area contributed by atoms with Crippen LogP contribution in [0.5, 0.6) is 0 Å². The molecule has 5 heteroatoms. The van der Waals surface area contributed by atoms with E-state index in [0.717, 1.165) is 0 Å². The molecule has 1 aromatic rings. The van der Waals surface area contributed by atoms with Crippen LogP contribution in [0.4, 0.5) is 4.39 Å². The number of hydrogen-bond donors (Lipinski definition) is 2. The summed E-state index contributed by atoms with van der Waals surface area (Å²) in [5.41, 5.74) is -1.76. The van der Waals surface area contributed by atoms with E-state index < -0.39 is 23.8 Å². The Morgan fingerprint density at radius 2 is 2.20 bits per heavy atom. The number of rotatable bonds is 3. The summed E-state index contributed by atoms with van der Waals surface area (Å²) < 4.78 is 13.8. The molecular weight excluding hydrogens is 267 g/mol. The predicted molar refractivity (Wildman–Crippen MR) is 55.9 cm³/mol. The van der Waals surface area contributed by atoms with Gasteiger partial charge in [-0.15, -0.1) is 0 Å². The van der Waals surface area contributed by atoms with Crippen molar-refractivity contribution in [3.63, 3.8) is 0 Å². The second kappa shape index (κ2) is 4.28. The molecule has 0 bridgehead atoms. The summed E-state index contributed by atoms with van der Waals surface area (Å²) >= 11 is 3.08. The standard InChI is InChI=1S/C10H10BrFO3/c1-10(15,5-8(13)14)9-6(11)3-2-4-7(9)12/h2-4,15H,5H2,1H3,(H,13,14). The Labute approximate surface area is 94.7 Å². The number of carbonyl (C=O) groups is 1. The Morgan fingerprint density at radius 3 is 2.67 bits per heavy atom. The van der Waals surface area contributed by atoms with Gasteiger partial charge < -0.3 is 10.2 Å². The van der Waals surface area contributed by atoms with E-state index in [1.807, 2.05) is 0 Å². The highest BCUT2D eigenvalue weighted by Gasteiger charge is 2.31. The molecule has 82 valence electrons. The fourth-order valence-electron chi connectivity index (χ4n) is 1.40. The molecule has 0 heterocycles. The maximum Gasteiger partial charge on any atom is 0.306 e. The summed E-state index contributed by atoms with van der Waals surface area (Å²) in [4.78, 5) is 10.5. The average molecular weight is 277 g/mol. The maximum absolute atomic E-state index is 13.4. The molecule has 15 heavy (non-hydrogen) atoms. The maximum atomic E-state index is 13.4. The second-order valence-electron chi connectivity index (χ2n) is 3.44. The Bertz CT molecular complexity index is 370. The fraction of sp³-hybridized carbons (Fsp3) is 0.300. The van der Waals surface area contributed by atoms with Crippen LogP contribution in [0.1, 0.15) is 18.9 Å². The Balaban J connectivity index is 3.19. The molecule has 1 atom stereocenters. The van der Waals surface area contributed by atoms with Crippen LogP contribution < -0.4 is 0 Å². The predicted octanol–water partition coefficient (Wildman–Crippen LogP) is 2.27. The van der Waals surface area contributed by atoms with Gasteiger partial charge in [-0.2, -0.15) is 0 Å². The van der Waals surface area contributed by atoms with Gasteiger partial charge in [0.1, 0.15) is 11.4 Å². The van der Waals surface area contributed by atoms with Crippen molar-refractivity contribution in [2.24, 2.45) is 0 Å². The van der Waals surface area contributed by atoms with Gasteiger partial charge in [-0.25, -0.2) is 4.39 Å². The average Bonchev–Trinajstić information content (AvgIpc) is 1.99. The van der Waals surface area contributed by atoms with Crippen LogP contribution in [0.25, 0.3) is 0 Å². The van der Waals surface area contributed by atoms with Gasteiger partial charge in [0.05, 0.1) is 6.42 Å². The highest BCUT2D eigenvalue weighted by Crippen LogP contribution is 2.32. The molecule has 1 rings (SSSR count). The van der Waals surface area contributed by atoms with Crippen LogP contribution in [-0.4, -0.2) is 16.2 Å². The third-order valence-electron chi connectivity index (χ3n) is 2.00.